The van der Waals surface area contributed by atoms with Gasteiger partial charge in [-0.25, -0.2) is 9.67 Å². The maximum absolute atomic E-state index is 10.6. The van der Waals surface area contributed by atoms with E-state index in [1.54, 1.807) is 18.7 Å². The van der Waals surface area contributed by atoms with Crippen molar-refractivity contribution in [3.05, 3.63) is 34.6 Å². The van der Waals surface area contributed by atoms with Gasteiger partial charge in [0.05, 0.1) is 0 Å². The molecule has 1 atom stereocenters. The molecule has 0 bridgehead atoms. The van der Waals surface area contributed by atoms with Crippen molar-refractivity contribution in [1.29, 1.82) is 0 Å². The number of aryl methyl sites for hydroxylation is 2. The van der Waals surface area contributed by atoms with E-state index in [4.69, 9.17) is 0 Å². The summed E-state index contributed by atoms with van der Waals surface area (Å²) in [5.74, 6) is 1.16. The van der Waals surface area contributed by atoms with Crippen molar-refractivity contribution in [2.24, 2.45) is 7.05 Å². The van der Waals surface area contributed by atoms with Crippen LogP contribution in [-0.4, -0.2) is 25.0 Å². The van der Waals surface area contributed by atoms with Crippen LogP contribution in [0.5, 0.6) is 0 Å². The first-order valence-corrected chi connectivity index (χ1v) is 5.52. The first-order chi connectivity index (χ1) is 7.83. The van der Waals surface area contributed by atoms with E-state index in [-0.39, 0.29) is 5.76 Å². The lowest BCUT2D eigenvalue weighted by Gasteiger charge is -2.28. The zero-order valence-corrected chi connectivity index (χ0v) is 10.5. The molecular weight excluding hydrogens is 218 g/mol. The predicted octanol–water partition coefficient (Wildman–Crippen LogP) is 1.49. The third kappa shape index (κ3) is 1.86. The summed E-state index contributed by atoms with van der Waals surface area (Å²) in [7, 11) is 1.73. The highest BCUT2D eigenvalue weighted by molar-refractivity contribution is 5.37. The SMILES string of the molecule is CC1=C(C)C(O)=CC(O)(c2nc(C)nn2C)C1. The summed E-state index contributed by atoms with van der Waals surface area (Å²) >= 11 is 0. The maximum atomic E-state index is 10.6. The molecule has 0 aliphatic heterocycles. The van der Waals surface area contributed by atoms with E-state index >= 15 is 0 Å². The number of hydrogen-bond donors (Lipinski definition) is 2. The summed E-state index contributed by atoms with van der Waals surface area (Å²) in [5.41, 5.74) is 0.491. The molecule has 1 aliphatic carbocycles. The fourth-order valence-electron chi connectivity index (χ4n) is 2.17. The Balaban J connectivity index is 2.50. The zero-order valence-electron chi connectivity index (χ0n) is 10.5. The van der Waals surface area contributed by atoms with Gasteiger partial charge >= 0.3 is 0 Å². The van der Waals surface area contributed by atoms with Gasteiger partial charge in [0.15, 0.2) is 5.82 Å². The lowest BCUT2D eigenvalue weighted by Crippen LogP contribution is -2.30. The quantitative estimate of drug-likeness (QED) is 0.773. The lowest BCUT2D eigenvalue weighted by molar-refractivity contribution is 0.0693. The molecule has 17 heavy (non-hydrogen) atoms. The van der Waals surface area contributed by atoms with E-state index in [9.17, 15) is 10.2 Å². The van der Waals surface area contributed by atoms with E-state index in [0.29, 0.717) is 18.1 Å². The smallest absolute Gasteiger partial charge is 0.163 e. The predicted molar refractivity (Wildman–Crippen MR) is 63.3 cm³/mol. The molecule has 5 nitrogen and oxygen atoms in total. The van der Waals surface area contributed by atoms with Crippen molar-refractivity contribution in [3.63, 3.8) is 0 Å². The van der Waals surface area contributed by atoms with Crippen molar-refractivity contribution in [2.45, 2.75) is 32.8 Å². The van der Waals surface area contributed by atoms with Crippen LogP contribution in [0.15, 0.2) is 23.0 Å². The molecule has 1 heterocycles. The minimum Gasteiger partial charge on any atom is -0.508 e. The van der Waals surface area contributed by atoms with Crippen molar-refractivity contribution in [1.82, 2.24) is 14.8 Å². The molecule has 0 radical (unpaired) electrons. The van der Waals surface area contributed by atoms with Crippen LogP contribution < -0.4 is 0 Å². The van der Waals surface area contributed by atoms with Crippen LogP contribution in [0.2, 0.25) is 0 Å². The minimum atomic E-state index is -1.27. The second-order valence-electron chi connectivity index (χ2n) is 4.64. The summed E-state index contributed by atoms with van der Waals surface area (Å²) in [6, 6.07) is 0. The molecule has 1 unspecified atom stereocenters. The fraction of sp³-hybridized carbons (Fsp3) is 0.500. The number of hydrogen-bond acceptors (Lipinski definition) is 4. The van der Waals surface area contributed by atoms with E-state index in [2.05, 4.69) is 10.1 Å². The van der Waals surface area contributed by atoms with Crippen LogP contribution in [0, 0.1) is 6.92 Å². The summed E-state index contributed by atoms with van der Waals surface area (Å²) in [6.07, 6.45) is 1.87. The van der Waals surface area contributed by atoms with Gasteiger partial charge in [-0.1, -0.05) is 5.57 Å². The molecule has 2 N–H and O–H groups in total. The molecule has 0 spiro atoms. The zero-order chi connectivity index (χ0) is 12.8. The summed E-state index contributed by atoms with van der Waals surface area (Å²) in [5, 5.41) is 24.5. The number of aliphatic hydroxyl groups excluding tert-OH is 1. The molecular formula is C12H17N3O2. The number of aromatic nitrogens is 3. The molecule has 0 aromatic carbocycles. The van der Waals surface area contributed by atoms with Crippen molar-refractivity contribution < 1.29 is 10.2 Å². The monoisotopic (exact) mass is 235 g/mol. The minimum absolute atomic E-state index is 0.108. The molecule has 5 heteroatoms. The maximum Gasteiger partial charge on any atom is 0.163 e. The van der Waals surface area contributed by atoms with E-state index in [0.717, 1.165) is 11.1 Å². The molecule has 92 valence electrons. The largest absolute Gasteiger partial charge is 0.508 e. The van der Waals surface area contributed by atoms with Crippen LogP contribution in [0.4, 0.5) is 0 Å². The fourth-order valence-corrected chi connectivity index (χ4v) is 2.17. The van der Waals surface area contributed by atoms with Crippen molar-refractivity contribution in [2.75, 3.05) is 0 Å². The van der Waals surface area contributed by atoms with Gasteiger partial charge in [-0.3, -0.25) is 0 Å². The number of nitrogens with zero attached hydrogens (tertiary/aromatic N) is 3. The molecule has 2 rings (SSSR count). The standard InChI is InChI=1S/C12H17N3O2/c1-7-5-12(17,6-10(16)8(7)2)11-13-9(3)14-15(11)4/h6,16-17H,5H2,1-4H3. The third-order valence-electron chi connectivity index (χ3n) is 3.19. The molecule has 1 aromatic heterocycles. The van der Waals surface area contributed by atoms with Gasteiger partial charge in [0.2, 0.25) is 0 Å². The van der Waals surface area contributed by atoms with Gasteiger partial charge in [-0.15, -0.1) is 0 Å². The molecule has 1 aliphatic rings. The Morgan fingerprint density at radius 2 is 2.00 bits per heavy atom. The highest BCUT2D eigenvalue weighted by atomic mass is 16.3. The van der Waals surface area contributed by atoms with Crippen LogP contribution in [-0.2, 0) is 12.6 Å². The highest BCUT2D eigenvalue weighted by Crippen LogP contribution is 2.36. The Hall–Kier alpha value is -1.62. The molecule has 1 aromatic rings. The number of allylic oxidation sites excluding steroid dienone is 1. The summed E-state index contributed by atoms with van der Waals surface area (Å²) in [6.45, 7) is 5.50. The van der Waals surface area contributed by atoms with Crippen LogP contribution in [0.1, 0.15) is 31.9 Å². The van der Waals surface area contributed by atoms with E-state index < -0.39 is 5.60 Å². The molecule has 0 saturated heterocycles. The molecule has 0 saturated carbocycles. The van der Waals surface area contributed by atoms with Gasteiger partial charge in [0.1, 0.15) is 17.2 Å². The van der Waals surface area contributed by atoms with Crippen LogP contribution in [0.3, 0.4) is 0 Å². The molecule has 0 amide bonds. The Kier molecular flexibility index (Phi) is 2.58. The van der Waals surface area contributed by atoms with Gasteiger partial charge in [-0.05, 0) is 32.4 Å². The summed E-state index contributed by atoms with van der Waals surface area (Å²) < 4.78 is 1.55. The van der Waals surface area contributed by atoms with Crippen molar-refractivity contribution in [3.8, 4) is 0 Å². The lowest BCUT2D eigenvalue weighted by atomic mass is 9.85. The Morgan fingerprint density at radius 3 is 2.47 bits per heavy atom. The second kappa shape index (κ2) is 3.70. The molecule has 0 fully saturated rings. The average Bonchev–Trinajstić information content (AvgIpc) is 2.55. The third-order valence-corrected chi connectivity index (χ3v) is 3.19. The average molecular weight is 235 g/mol. The van der Waals surface area contributed by atoms with Gasteiger partial charge in [-0.2, -0.15) is 5.10 Å². The highest BCUT2D eigenvalue weighted by Gasteiger charge is 2.36. The Labute approximate surface area is 100 Å². The second-order valence-corrected chi connectivity index (χ2v) is 4.64. The van der Waals surface area contributed by atoms with Gasteiger partial charge in [0.25, 0.3) is 0 Å². The Morgan fingerprint density at radius 1 is 1.35 bits per heavy atom. The van der Waals surface area contributed by atoms with E-state index in [1.807, 2.05) is 13.8 Å². The topological polar surface area (TPSA) is 71.2 Å². The van der Waals surface area contributed by atoms with E-state index in [1.165, 1.54) is 6.08 Å². The van der Waals surface area contributed by atoms with Crippen LogP contribution in [0.25, 0.3) is 0 Å². The summed E-state index contributed by atoms with van der Waals surface area (Å²) in [4.78, 5) is 4.22. The first-order valence-electron chi connectivity index (χ1n) is 5.52. The van der Waals surface area contributed by atoms with Gasteiger partial charge < -0.3 is 10.2 Å². The van der Waals surface area contributed by atoms with Crippen molar-refractivity contribution >= 4 is 0 Å². The van der Waals surface area contributed by atoms with Gasteiger partial charge in [0, 0.05) is 13.5 Å². The first kappa shape index (κ1) is 11.9. The Bertz CT molecular complexity index is 528. The van der Waals surface area contributed by atoms with Crippen LogP contribution >= 0.6 is 0 Å². The number of aliphatic hydroxyl groups is 2. The normalized spacial score (nSPS) is 25.1. The number of rotatable bonds is 1.